The van der Waals surface area contributed by atoms with Crippen LogP contribution in [0.1, 0.15) is 17.5 Å². The van der Waals surface area contributed by atoms with Gasteiger partial charge in [0.2, 0.25) is 0 Å². The Balaban J connectivity index is 2.21. The van der Waals surface area contributed by atoms with Crippen molar-refractivity contribution in [2.75, 3.05) is 12.4 Å². The third-order valence-electron chi connectivity index (χ3n) is 2.04. The molecule has 0 aliphatic rings. The number of benzene rings is 1. The molecule has 0 atom stereocenters. The highest BCUT2D eigenvalue weighted by Gasteiger charge is 2.03. The zero-order valence-electron chi connectivity index (χ0n) is 9.22. The molecule has 5 heteroatoms. The molecule has 1 aromatic carbocycles. The molecule has 0 fully saturated rings. The Labute approximate surface area is 96.0 Å². The fraction of sp³-hybridized carbons (Fsp3) is 0.455. The largest absolute Gasteiger partial charge is 0.377 e. The van der Waals surface area contributed by atoms with E-state index >= 15 is 0 Å². The molecule has 0 spiro atoms. The van der Waals surface area contributed by atoms with Gasteiger partial charge in [-0.15, -0.1) is 0 Å². The molecule has 0 saturated heterocycles. The minimum atomic E-state index is -3.86. The molecule has 0 heterocycles. The SMILES string of the molecule is Cc1cccc(COCCCS(=O)(=O)O)c1. The molecular weight excluding hydrogens is 228 g/mol. The van der Waals surface area contributed by atoms with Crippen LogP contribution in [0.25, 0.3) is 0 Å². The molecule has 0 amide bonds. The van der Waals surface area contributed by atoms with Crippen molar-refractivity contribution in [2.24, 2.45) is 0 Å². The van der Waals surface area contributed by atoms with Gasteiger partial charge < -0.3 is 4.74 Å². The van der Waals surface area contributed by atoms with Crippen molar-refractivity contribution >= 4 is 10.1 Å². The van der Waals surface area contributed by atoms with E-state index in [0.29, 0.717) is 19.6 Å². The lowest BCUT2D eigenvalue weighted by molar-refractivity contribution is 0.121. The Hall–Kier alpha value is -0.910. The van der Waals surface area contributed by atoms with Gasteiger partial charge in [-0.25, -0.2) is 0 Å². The molecule has 0 aliphatic carbocycles. The highest BCUT2D eigenvalue weighted by atomic mass is 32.2. The summed E-state index contributed by atoms with van der Waals surface area (Å²) in [5, 5.41) is 0. The summed E-state index contributed by atoms with van der Waals surface area (Å²) in [5.41, 5.74) is 2.23. The topological polar surface area (TPSA) is 63.6 Å². The molecule has 1 aromatic rings. The van der Waals surface area contributed by atoms with E-state index in [1.165, 1.54) is 5.56 Å². The van der Waals surface area contributed by atoms with Gasteiger partial charge in [-0.05, 0) is 18.9 Å². The van der Waals surface area contributed by atoms with E-state index in [9.17, 15) is 8.42 Å². The van der Waals surface area contributed by atoms with Gasteiger partial charge in [0.25, 0.3) is 10.1 Å². The molecular formula is C11H16O4S. The number of ether oxygens (including phenoxy) is 1. The van der Waals surface area contributed by atoms with Crippen LogP contribution in [0.15, 0.2) is 24.3 Å². The second-order valence-electron chi connectivity index (χ2n) is 3.68. The lowest BCUT2D eigenvalue weighted by Crippen LogP contribution is -2.07. The minimum Gasteiger partial charge on any atom is -0.377 e. The van der Waals surface area contributed by atoms with Gasteiger partial charge in [0, 0.05) is 6.61 Å². The van der Waals surface area contributed by atoms with Crippen molar-refractivity contribution in [3.63, 3.8) is 0 Å². The summed E-state index contributed by atoms with van der Waals surface area (Å²) in [4.78, 5) is 0. The predicted molar refractivity (Wildman–Crippen MR) is 61.9 cm³/mol. The van der Waals surface area contributed by atoms with Crippen molar-refractivity contribution in [1.82, 2.24) is 0 Å². The van der Waals surface area contributed by atoms with Gasteiger partial charge in [0.15, 0.2) is 0 Å². The molecule has 4 nitrogen and oxygen atoms in total. The summed E-state index contributed by atoms with van der Waals surface area (Å²) in [6.07, 6.45) is 0.310. The van der Waals surface area contributed by atoms with Crippen LogP contribution in [0.4, 0.5) is 0 Å². The van der Waals surface area contributed by atoms with Crippen LogP contribution in [0.3, 0.4) is 0 Å². The van der Waals surface area contributed by atoms with Crippen LogP contribution < -0.4 is 0 Å². The summed E-state index contributed by atoms with van der Waals surface area (Å²) in [6.45, 7) is 2.79. The maximum absolute atomic E-state index is 10.4. The monoisotopic (exact) mass is 244 g/mol. The first-order valence-electron chi connectivity index (χ1n) is 5.06. The zero-order valence-corrected chi connectivity index (χ0v) is 10.0. The first-order chi connectivity index (χ1) is 7.47. The normalized spacial score (nSPS) is 11.6. The third kappa shape index (κ3) is 5.85. The van der Waals surface area contributed by atoms with E-state index in [1.807, 2.05) is 31.2 Å². The first-order valence-corrected chi connectivity index (χ1v) is 6.67. The molecule has 1 N–H and O–H groups in total. The van der Waals surface area contributed by atoms with Crippen LogP contribution in [0.5, 0.6) is 0 Å². The molecule has 0 unspecified atom stereocenters. The molecule has 0 aliphatic heterocycles. The molecule has 0 saturated carbocycles. The number of hydrogen-bond donors (Lipinski definition) is 1. The van der Waals surface area contributed by atoms with Gasteiger partial charge in [-0.1, -0.05) is 29.8 Å². The van der Waals surface area contributed by atoms with Crippen LogP contribution >= 0.6 is 0 Å². The van der Waals surface area contributed by atoms with Crippen molar-refractivity contribution in [2.45, 2.75) is 20.0 Å². The molecule has 0 bridgehead atoms. The molecule has 0 aromatic heterocycles. The Kier molecular flexibility index (Phi) is 4.92. The lowest BCUT2D eigenvalue weighted by atomic mass is 10.1. The highest BCUT2D eigenvalue weighted by molar-refractivity contribution is 7.85. The first kappa shape index (κ1) is 13.2. The van der Waals surface area contributed by atoms with Crippen molar-refractivity contribution in [1.29, 1.82) is 0 Å². The maximum Gasteiger partial charge on any atom is 0.264 e. The van der Waals surface area contributed by atoms with E-state index in [1.54, 1.807) is 0 Å². The van der Waals surface area contributed by atoms with Gasteiger partial charge in [0.1, 0.15) is 0 Å². The average molecular weight is 244 g/mol. The summed E-state index contributed by atoms with van der Waals surface area (Å²) in [7, 11) is -3.86. The Bertz CT molecular complexity index is 425. The van der Waals surface area contributed by atoms with E-state index in [0.717, 1.165) is 5.56 Å². The lowest BCUT2D eigenvalue weighted by Gasteiger charge is -2.04. The van der Waals surface area contributed by atoms with E-state index in [2.05, 4.69) is 0 Å². The average Bonchev–Trinajstić information content (AvgIpc) is 2.15. The van der Waals surface area contributed by atoms with Crippen molar-refractivity contribution in [3.8, 4) is 0 Å². The smallest absolute Gasteiger partial charge is 0.264 e. The van der Waals surface area contributed by atoms with E-state index in [4.69, 9.17) is 9.29 Å². The molecule has 1 rings (SSSR count). The molecule has 90 valence electrons. The predicted octanol–water partition coefficient (Wildman–Crippen LogP) is 1.79. The van der Waals surface area contributed by atoms with Gasteiger partial charge in [-0.3, -0.25) is 4.55 Å². The van der Waals surface area contributed by atoms with Crippen LogP contribution in [-0.2, 0) is 21.5 Å². The van der Waals surface area contributed by atoms with Crippen LogP contribution in [-0.4, -0.2) is 25.3 Å². The number of hydrogen-bond acceptors (Lipinski definition) is 3. The second kappa shape index (κ2) is 5.98. The maximum atomic E-state index is 10.4. The van der Waals surface area contributed by atoms with Gasteiger partial charge in [0.05, 0.1) is 12.4 Å². The second-order valence-corrected chi connectivity index (χ2v) is 5.25. The van der Waals surface area contributed by atoms with E-state index < -0.39 is 10.1 Å². The number of rotatable bonds is 6. The standard InChI is InChI=1S/C11H16O4S/c1-10-4-2-5-11(8-10)9-15-6-3-7-16(12,13)14/h2,4-5,8H,3,6-7,9H2,1H3,(H,12,13,14). The summed E-state index contributed by atoms with van der Waals surface area (Å²) < 4.78 is 34.6. The highest BCUT2D eigenvalue weighted by Crippen LogP contribution is 2.05. The fourth-order valence-corrected chi connectivity index (χ4v) is 1.82. The summed E-state index contributed by atoms with van der Waals surface area (Å²) in [5.74, 6) is -0.249. The van der Waals surface area contributed by atoms with Crippen molar-refractivity contribution < 1.29 is 17.7 Å². The Morgan fingerprint density at radius 1 is 1.38 bits per heavy atom. The number of aryl methyl sites for hydroxylation is 1. The fourth-order valence-electron chi connectivity index (χ4n) is 1.34. The van der Waals surface area contributed by atoms with Gasteiger partial charge in [-0.2, -0.15) is 8.42 Å². The van der Waals surface area contributed by atoms with Crippen molar-refractivity contribution in [3.05, 3.63) is 35.4 Å². The Morgan fingerprint density at radius 2 is 2.12 bits per heavy atom. The van der Waals surface area contributed by atoms with Gasteiger partial charge >= 0.3 is 0 Å². The molecule has 0 radical (unpaired) electrons. The molecule has 16 heavy (non-hydrogen) atoms. The summed E-state index contributed by atoms with van der Waals surface area (Å²) in [6, 6.07) is 7.92. The minimum absolute atomic E-state index is 0.249. The zero-order chi connectivity index (χ0) is 12.0. The van der Waals surface area contributed by atoms with Crippen LogP contribution in [0, 0.1) is 6.92 Å². The van der Waals surface area contributed by atoms with E-state index in [-0.39, 0.29) is 5.75 Å². The third-order valence-corrected chi connectivity index (χ3v) is 2.85. The summed E-state index contributed by atoms with van der Waals surface area (Å²) >= 11 is 0. The Morgan fingerprint density at radius 3 is 2.75 bits per heavy atom. The quantitative estimate of drug-likeness (QED) is 0.612. The van der Waals surface area contributed by atoms with Crippen LogP contribution in [0.2, 0.25) is 0 Å².